The number of methoxy groups -OCH3 is 1. The van der Waals surface area contributed by atoms with Gasteiger partial charge in [0.2, 0.25) is 5.91 Å². The van der Waals surface area contributed by atoms with Gasteiger partial charge in [0.1, 0.15) is 12.7 Å². The van der Waals surface area contributed by atoms with Gasteiger partial charge in [-0.05, 0) is 37.8 Å². The SMILES string of the molecule is COCC(=O)N1CCC(C2(C)[C@@H](O)c3cc(Cl)cc4cnn2c34)CC1. The lowest BCUT2D eigenvalue weighted by atomic mass is 9.75. The number of halogens is 1. The van der Waals surface area contributed by atoms with E-state index >= 15 is 0 Å². The van der Waals surface area contributed by atoms with Crippen molar-refractivity contribution in [3.05, 3.63) is 28.9 Å². The van der Waals surface area contributed by atoms with E-state index in [0.717, 1.165) is 29.3 Å². The van der Waals surface area contributed by atoms with Crippen LogP contribution in [0.2, 0.25) is 5.02 Å². The van der Waals surface area contributed by atoms with Crippen molar-refractivity contribution < 1.29 is 14.6 Å². The lowest BCUT2D eigenvalue weighted by molar-refractivity contribution is -0.137. The summed E-state index contributed by atoms with van der Waals surface area (Å²) in [7, 11) is 1.53. The van der Waals surface area contributed by atoms with Gasteiger partial charge in [-0.3, -0.25) is 9.48 Å². The minimum Gasteiger partial charge on any atom is -0.386 e. The topological polar surface area (TPSA) is 67.6 Å². The molecule has 4 rings (SSSR count). The van der Waals surface area contributed by atoms with Crippen LogP contribution < -0.4 is 0 Å². The first kappa shape index (κ1) is 16.8. The number of rotatable bonds is 3. The molecule has 2 aromatic rings. The van der Waals surface area contributed by atoms with Crippen molar-refractivity contribution in [3.63, 3.8) is 0 Å². The van der Waals surface area contributed by atoms with Crippen molar-refractivity contribution in [1.29, 1.82) is 0 Å². The van der Waals surface area contributed by atoms with Crippen LogP contribution in [0.3, 0.4) is 0 Å². The summed E-state index contributed by atoms with van der Waals surface area (Å²) in [4.78, 5) is 13.9. The smallest absolute Gasteiger partial charge is 0.248 e. The summed E-state index contributed by atoms with van der Waals surface area (Å²) in [5, 5.41) is 17.2. The number of piperidine rings is 1. The fourth-order valence-corrected chi connectivity index (χ4v) is 4.73. The number of hydrogen-bond acceptors (Lipinski definition) is 4. The Morgan fingerprint density at radius 2 is 2.16 bits per heavy atom. The highest BCUT2D eigenvalue weighted by atomic mass is 35.5. The standard InChI is InChI=1S/C18H22ClN3O3/c1-18(12-3-5-21(6-4-12)15(23)10-25-2)17(24)14-8-13(19)7-11-9-20-22(18)16(11)14/h7-9,12,17,24H,3-6,10H2,1-2H3/t17-,18?/m0/s1. The normalized spacial score (nSPS) is 26.6. The largest absolute Gasteiger partial charge is 0.386 e. The number of carbonyl (C=O) groups is 1. The lowest BCUT2D eigenvalue weighted by Crippen LogP contribution is -2.48. The van der Waals surface area contributed by atoms with Gasteiger partial charge < -0.3 is 14.7 Å². The molecule has 0 spiro atoms. The van der Waals surface area contributed by atoms with E-state index < -0.39 is 11.6 Å². The molecule has 0 bridgehead atoms. The van der Waals surface area contributed by atoms with Crippen LogP contribution in [-0.4, -0.2) is 52.5 Å². The van der Waals surface area contributed by atoms with Crippen LogP contribution in [0, 0.1) is 5.92 Å². The summed E-state index contributed by atoms with van der Waals surface area (Å²) in [6.45, 7) is 3.54. The molecule has 25 heavy (non-hydrogen) atoms. The quantitative estimate of drug-likeness (QED) is 0.908. The van der Waals surface area contributed by atoms with Crippen molar-refractivity contribution in [2.24, 2.45) is 5.92 Å². The number of nitrogens with zero attached hydrogens (tertiary/aromatic N) is 3. The maximum Gasteiger partial charge on any atom is 0.248 e. The number of hydrogen-bond donors (Lipinski definition) is 1. The van der Waals surface area contributed by atoms with Crippen LogP contribution >= 0.6 is 11.6 Å². The number of aliphatic hydroxyl groups excluding tert-OH is 1. The van der Waals surface area contributed by atoms with Crippen LogP contribution in [0.1, 0.15) is 31.4 Å². The molecule has 1 amide bonds. The van der Waals surface area contributed by atoms with Crippen molar-refractivity contribution in [2.45, 2.75) is 31.4 Å². The van der Waals surface area contributed by atoms with E-state index in [-0.39, 0.29) is 18.4 Å². The highest BCUT2D eigenvalue weighted by Crippen LogP contribution is 2.51. The van der Waals surface area contributed by atoms with E-state index in [4.69, 9.17) is 16.3 Å². The van der Waals surface area contributed by atoms with Gasteiger partial charge >= 0.3 is 0 Å². The van der Waals surface area contributed by atoms with Gasteiger partial charge in [0.05, 0.1) is 17.3 Å². The number of carbonyl (C=O) groups excluding carboxylic acids is 1. The lowest BCUT2D eigenvalue weighted by Gasteiger charge is -2.42. The molecule has 1 N–H and O–H groups in total. The Morgan fingerprint density at radius 1 is 1.44 bits per heavy atom. The summed E-state index contributed by atoms with van der Waals surface area (Å²) in [6, 6.07) is 3.73. The second-order valence-corrected chi connectivity index (χ2v) is 7.64. The average molecular weight is 364 g/mol. The van der Waals surface area contributed by atoms with Crippen LogP contribution in [0.25, 0.3) is 10.9 Å². The number of likely N-dealkylation sites (tertiary alicyclic amines) is 1. The Bertz CT molecular complexity index is 828. The first-order valence-corrected chi connectivity index (χ1v) is 8.97. The van der Waals surface area contributed by atoms with Crippen molar-refractivity contribution >= 4 is 28.4 Å². The first-order valence-electron chi connectivity index (χ1n) is 8.59. The van der Waals surface area contributed by atoms with Crippen molar-refractivity contribution in [3.8, 4) is 0 Å². The summed E-state index contributed by atoms with van der Waals surface area (Å²) in [5.74, 6) is 0.248. The maximum atomic E-state index is 12.0. The molecular weight excluding hydrogens is 342 g/mol. The number of amides is 1. The predicted octanol–water partition coefficient (Wildman–Crippen LogP) is 2.34. The van der Waals surface area contributed by atoms with E-state index in [1.165, 1.54) is 7.11 Å². The molecule has 2 atom stereocenters. The molecule has 6 nitrogen and oxygen atoms in total. The van der Waals surface area contributed by atoms with Crippen LogP contribution in [-0.2, 0) is 15.1 Å². The zero-order valence-electron chi connectivity index (χ0n) is 14.4. The Kier molecular flexibility index (Phi) is 4.02. The molecule has 7 heteroatoms. The monoisotopic (exact) mass is 363 g/mol. The van der Waals surface area contributed by atoms with Gasteiger partial charge in [0.15, 0.2) is 0 Å². The molecule has 2 aliphatic heterocycles. The molecular formula is C18H22ClN3O3. The van der Waals surface area contributed by atoms with E-state index in [9.17, 15) is 9.90 Å². The highest BCUT2D eigenvalue weighted by molar-refractivity contribution is 6.31. The molecule has 0 radical (unpaired) electrons. The van der Waals surface area contributed by atoms with E-state index in [2.05, 4.69) is 12.0 Å². The summed E-state index contributed by atoms with van der Waals surface area (Å²) in [5.41, 5.74) is 1.29. The van der Waals surface area contributed by atoms with Crippen molar-refractivity contribution in [1.82, 2.24) is 14.7 Å². The second-order valence-electron chi connectivity index (χ2n) is 7.21. The highest BCUT2D eigenvalue weighted by Gasteiger charge is 2.50. The predicted molar refractivity (Wildman–Crippen MR) is 94.5 cm³/mol. The van der Waals surface area contributed by atoms with Gasteiger partial charge in [0, 0.05) is 36.2 Å². The Balaban J connectivity index is 1.62. The zero-order valence-corrected chi connectivity index (χ0v) is 15.2. The third-order valence-corrected chi connectivity index (χ3v) is 6.12. The fourth-order valence-electron chi connectivity index (χ4n) is 4.49. The second kappa shape index (κ2) is 5.97. The summed E-state index contributed by atoms with van der Waals surface area (Å²) >= 11 is 6.21. The number of benzene rings is 1. The molecule has 134 valence electrons. The van der Waals surface area contributed by atoms with Crippen molar-refractivity contribution in [2.75, 3.05) is 26.8 Å². The summed E-state index contributed by atoms with van der Waals surface area (Å²) < 4.78 is 6.91. The molecule has 1 saturated heterocycles. The van der Waals surface area contributed by atoms with Gasteiger partial charge in [-0.2, -0.15) is 5.10 Å². The van der Waals surface area contributed by atoms with E-state index in [1.807, 2.05) is 27.9 Å². The minimum atomic E-state index is -0.649. The molecule has 3 heterocycles. The van der Waals surface area contributed by atoms with Gasteiger partial charge in [0.25, 0.3) is 0 Å². The molecule has 0 saturated carbocycles. The van der Waals surface area contributed by atoms with Crippen LogP contribution in [0.15, 0.2) is 18.3 Å². The molecule has 1 fully saturated rings. The van der Waals surface area contributed by atoms with E-state index in [0.29, 0.717) is 18.1 Å². The van der Waals surface area contributed by atoms with Gasteiger partial charge in [-0.25, -0.2) is 0 Å². The molecule has 2 aliphatic rings. The molecule has 1 aromatic carbocycles. The molecule has 0 aliphatic carbocycles. The molecule has 1 unspecified atom stereocenters. The Hall–Kier alpha value is -1.63. The third kappa shape index (κ3) is 2.39. The van der Waals surface area contributed by atoms with Gasteiger partial charge in [-0.15, -0.1) is 0 Å². The Labute approximate surface area is 151 Å². The average Bonchev–Trinajstić information content (AvgIpc) is 3.12. The molecule has 1 aromatic heterocycles. The maximum absolute atomic E-state index is 12.0. The van der Waals surface area contributed by atoms with Crippen LogP contribution in [0.4, 0.5) is 0 Å². The number of ether oxygens (including phenoxy) is 1. The van der Waals surface area contributed by atoms with Gasteiger partial charge in [-0.1, -0.05) is 11.6 Å². The Morgan fingerprint density at radius 3 is 2.84 bits per heavy atom. The number of aliphatic hydroxyl groups is 1. The number of aromatic nitrogens is 2. The third-order valence-electron chi connectivity index (χ3n) is 5.90. The fraction of sp³-hybridized carbons (Fsp3) is 0.556. The van der Waals surface area contributed by atoms with Crippen LogP contribution in [0.5, 0.6) is 0 Å². The zero-order chi connectivity index (χ0) is 17.8. The first-order chi connectivity index (χ1) is 12.0. The van der Waals surface area contributed by atoms with E-state index in [1.54, 1.807) is 0 Å². The minimum absolute atomic E-state index is 0.0228. The summed E-state index contributed by atoms with van der Waals surface area (Å²) in [6.07, 6.45) is 2.81.